The number of hydrogen-bond donors (Lipinski definition) is 1. The SMILES string of the molecule is CC(C)CCOc1ccc2c(c1)CC[C@H]2O. The summed E-state index contributed by atoms with van der Waals surface area (Å²) in [6, 6.07) is 6.04. The van der Waals surface area contributed by atoms with Gasteiger partial charge in [-0.25, -0.2) is 0 Å². The van der Waals surface area contributed by atoms with E-state index in [0.29, 0.717) is 5.92 Å². The normalized spacial score (nSPS) is 18.9. The number of rotatable bonds is 4. The van der Waals surface area contributed by atoms with Gasteiger partial charge in [-0.15, -0.1) is 0 Å². The molecule has 0 amide bonds. The van der Waals surface area contributed by atoms with E-state index in [2.05, 4.69) is 19.9 Å². The molecule has 0 fully saturated rings. The third-order valence-corrected chi connectivity index (χ3v) is 3.12. The molecule has 0 saturated heterocycles. The van der Waals surface area contributed by atoms with Crippen LogP contribution in [0.1, 0.15) is 43.9 Å². The number of aliphatic hydroxyl groups excluding tert-OH is 1. The van der Waals surface area contributed by atoms with E-state index in [9.17, 15) is 5.11 Å². The highest BCUT2D eigenvalue weighted by molar-refractivity contribution is 5.39. The number of aryl methyl sites for hydroxylation is 1. The molecule has 0 heterocycles. The average molecular weight is 220 g/mol. The molecule has 0 aliphatic heterocycles. The van der Waals surface area contributed by atoms with Gasteiger partial charge in [0.15, 0.2) is 0 Å². The van der Waals surface area contributed by atoms with Crippen molar-refractivity contribution in [2.75, 3.05) is 6.61 Å². The van der Waals surface area contributed by atoms with Gasteiger partial charge < -0.3 is 9.84 Å². The predicted molar refractivity (Wildman–Crippen MR) is 64.7 cm³/mol. The first-order chi connectivity index (χ1) is 7.66. The zero-order valence-corrected chi connectivity index (χ0v) is 10.1. The van der Waals surface area contributed by atoms with Gasteiger partial charge >= 0.3 is 0 Å². The molecule has 2 heteroatoms. The molecule has 0 spiro atoms. The van der Waals surface area contributed by atoms with E-state index in [1.807, 2.05) is 12.1 Å². The van der Waals surface area contributed by atoms with Crippen LogP contribution in [0.15, 0.2) is 18.2 Å². The number of hydrogen-bond acceptors (Lipinski definition) is 2. The smallest absolute Gasteiger partial charge is 0.119 e. The summed E-state index contributed by atoms with van der Waals surface area (Å²) in [7, 11) is 0. The van der Waals surface area contributed by atoms with Crippen molar-refractivity contribution in [2.45, 2.75) is 39.2 Å². The summed E-state index contributed by atoms with van der Waals surface area (Å²) in [5.41, 5.74) is 2.32. The molecule has 88 valence electrons. The van der Waals surface area contributed by atoms with Gasteiger partial charge in [0.2, 0.25) is 0 Å². The molecule has 0 unspecified atom stereocenters. The fourth-order valence-corrected chi connectivity index (χ4v) is 2.07. The minimum Gasteiger partial charge on any atom is -0.494 e. The van der Waals surface area contributed by atoms with E-state index >= 15 is 0 Å². The van der Waals surface area contributed by atoms with Gasteiger partial charge in [-0.1, -0.05) is 19.9 Å². The quantitative estimate of drug-likeness (QED) is 0.845. The summed E-state index contributed by atoms with van der Waals surface area (Å²) in [5, 5.41) is 9.68. The molecule has 1 N–H and O–H groups in total. The van der Waals surface area contributed by atoms with Crippen LogP contribution in [0.4, 0.5) is 0 Å². The summed E-state index contributed by atoms with van der Waals surface area (Å²) < 4.78 is 5.70. The van der Waals surface area contributed by atoms with Crippen molar-refractivity contribution in [1.29, 1.82) is 0 Å². The van der Waals surface area contributed by atoms with Gasteiger partial charge in [0.1, 0.15) is 5.75 Å². The molecule has 0 aromatic heterocycles. The highest BCUT2D eigenvalue weighted by Gasteiger charge is 2.20. The van der Waals surface area contributed by atoms with Crippen LogP contribution in [0.3, 0.4) is 0 Å². The molecular weight excluding hydrogens is 200 g/mol. The molecule has 2 nitrogen and oxygen atoms in total. The minimum absolute atomic E-state index is 0.264. The Morgan fingerprint density at radius 1 is 1.44 bits per heavy atom. The largest absolute Gasteiger partial charge is 0.494 e. The fourth-order valence-electron chi connectivity index (χ4n) is 2.07. The Labute approximate surface area is 97.3 Å². The maximum atomic E-state index is 9.68. The second-order valence-corrected chi connectivity index (χ2v) is 4.95. The highest BCUT2D eigenvalue weighted by atomic mass is 16.5. The Bertz CT molecular complexity index is 358. The van der Waals surface area contributed by atoms with Crippen molar-refractivity contribution < 1.29 is 9.84 Å². The Morgan fingerprint density at radius 2 is 2.25 bits per heavy atom. The molecule has 1 aromatic carbocycles. The van der Waals surface area contributed by atoms with Crippen LogP contribution in [0.5, 0.6) is 5.75 Å². The lowest BCUT2D eigenvalue weighted by Crippen LogP contribution is -2.01. The molecule has 0 saturated carbocycles. The summed E-state index contributed by atoms with van der Waals surface area (Å²) in [6.07, 6.45) is 2.64. The molecular formula is C14H20O2. The van der Waals surface area contributed by atoms with E-state index in [4.69, 9.17) is 4.74 Å². The highest BCUT2D eigenvalue weighted by Crippen LogP contribution is 2.33. The lowest BCUT2D eigenvalue weighted by molar-refractivity contribution is 0.180. The first-order valence-electron chi connectivity index (χ1n) is 6.10. The van der Waals surface area contributed by atoms with E-state index in [-0.39, 0.29) is 6.10 Å². The van der Waals surface area contributed by atoms with Gasteiger partial charge in [0, 0.05) is 0 Å². The third kappa shape index (κ3) is 2.56. The van der Waals surface area contributed by atoms with Crippen LogP contribution in [0.25, 0.3) is 0 Å². The van der Waals surface area contributed by atoms with Gasteiger partial charge in [0.25, 0.3) is 0 Å². The summed E-state index contributed by atoms with van der Waals surface area (Å²) in [6.45, 7) is 5.17. The minimum atomic E-state index is -0.264. The number of aliphatic hydroxyl groups is 1. The van der Waals surface area contributed by atoms with Crippen molar-refractivity contribution in [3.05, 3.63) is 29.3 Å². The van der Waals surface area contributed by atoms with Crippen LogP contribution in [0.2, 0.25) is 0 Å². The third-order valence-electron chi connectivity index (χ3n) is 3.12. The first kappa shape index (κ1) is 11.5. The van der Waals surface area contributed by atoms with Crippen LogP contribution < -0.4 is 4.74 Å². The zero-order chi connectivity index (χ0) is 11.5. The molecule has 1 atom stereocenters. The van der Waals surface area contributed by atoms with Crippen molar-refractivity contribution >= 4 is 0 Å². The maximum Gasteiger partial charge on any atom is 0.119 e. The number of ether oxygens (including phenoxy) is 1. The van der Waals surface area contributed by atoms with Gasteiger partial charge in [-0.05, 0) is 48.4 Å². The summed E-state index contributed by atoms with van der Waals surface area (Å²) in [5.74, 6) is 1.62. The number of fused-ring (bicyclic) bond motifs is 1. The Kier molecular flexibility index (Phi) is 3.49. The van der Waals surface area contributed by atoms with Crippen molar-refractivity contribution in [3.8, 4) is 5.75 Å². The van der Waals surface area contributed by atoms with Crippen molar-refractivity contribution in [2.24, 2.45) is 5.92 Å². The maximum absolute atomic E-state index is 9.68. The van der Waals surface area contributed by atoms with Crippen molar-refractivity contribution in [3.63, 3.8) is 0 Å². The lowest BCUT2D eigenvalue weighted by Gasteiger charge is -2.10. The van der Waals surface area contributed by atoms with Crippen molar-refractivity contribution in [1.82, 2.24) is 0 Å². The predicted octanol–water partition coefficient (Wildman–Crippen LogP) is 3.09. The Hall–Kier alpha value is -1.02. The molecule has 0 radical (unpaired) electrons. The molecule has 1 aliphatic rings. The van der Waals surface area contributed by atoms with Crippen LogP contribution in [-0.2, 0) is 6.42 Å². The topological polar surface area (TPSA) is 29.5 Å². The molecule has 1 aliphatic carbocycles. The van der Waals surface area contributed by atoms with E-state index < -0.39 is 0 Å². The van der Waals surface area contributed by atoms with E-state index in [1.165, 1.54) is 5.56 Å². The monoisotopic (exact) mass is 220 g/mol. The second kappa shape index (κ2) is 4.88. The van der Waals surface area contributed by atoms with Gasteiger partial charge in [0.05, 0.1) is 12.7 Å². The van der Waals surface area contributed by atoms with E-state index in [0.717, 1.165) is 37.2 Å². The molecule has 0 bridgehead atoms. The van der Waals surface area contributed by atoms with E-state index in [1.54, 1.807) is 0 Å². The number of benzene rings is 1. The zero-order valence-electron chi connectivity index (χ0n) is 10.1. The average Bonchev–Trinajstić information content (AvgIpc) is 2.60. The van der Waals surface area contributed by atoms with Crippen LogP contribution >= 0.6 is 0 Å². The fraction of sp³-hybridized carbons (Fsp3) is 0.571. The van der Waals surface area contributed by atoms with Gasteiger partial charge in [-0.3, -0.25) is 0 Å². The Morgan fingerprint density at radius 3 is 3.00 bits per heavy atom. The standard InChI is InChI=1S/C14H20O2/c1-10(2)7-8-16-12-4-5-13-11(9-12)3-6-14(13)15/h4-5,9-10,14-15H,3,6-8H2,1-2H3/t14-/m1/s1. The lowest BCUT2D eigenvalue weighted by atomic mass is 10.1. The van der Waals surface area contributed by atoms with Crippen LogP contribution in [0, 0.1) is 5.92 Å². The van der Waals surface area contributed by atoms with Crippen LogP contribution in [-0.4, -0.2) is 11.7 Å². The summed E-state index contributed by atoms with van der Waals surface area (Å²) in [4.78, 5) is 0. The molecule has 1 aromatic rings. The molecule has 2 rings (SSSR count). The Balaban J connectivity index is 1.97. The summed E-state index contributed by atoms with van der Waals surface area (Å²) >= 11 is 0. The first-order valence-corrected chi connectivity index (χ1v) is 6.10. The molecule has 16 heavy (non-hydrogen) atoms. The second-order valence-electron chi connectivity index (χ2n) is 4.95. The van der Waals surface area contributed by atoms with Gasteiger partial charge in [-0.2, -0.15) is 0 Å².